The molecule has 5 unspecified atom stereocenters. The van der Waals surface area contributed by atoms with Crippen molar-refractivity contribution in [3.05, 3.63) is 12.2 Å². The molecule has 6 heteroatoms. The van der Waals surface area contributed by atoms with Crippen LogP contribution in [0.1, 0.15) is 13.3 Å². The summed E-state index contributed by atoms with van der Waals surface area (Å²) in [5.41, 5.74) is 0.426. The van der Waals surface area contributed by atoms with Crippen molar-refractivity contribution in [2.75, 3.05) is 11.5 Å². The van der Waals surface area contributed by atoms with Gasteiger partial charge in [-0.2, -0.15) is 0 Å². The second-order valence-corrected chi connectivity index (χ2v) is 6.08. The molecule has 1 saturated carbocycles. The topological polar surface area (TPSA) is 54.0 Å². The second kappa shape index (κ2) is 4.68. The van der Waals surface area contributed by atoms with Crippen LogP contribution in [0.25, 0.3) is 0 Å². The minimum Gasteiger partial charge on any atom is -0.459 e. The standard InChI is InChI=1S/C13H17IO5/c1-6-8-4-9(17-7(2)15)13(5-14)10(8)12(16-3)18-11(6)19-13/h8-12H,1,4-5H2,2-3H3/t8?,9-,10?,11?,12?,13?/m1/s1. The van der Waals surface area contributed by atoms with Crippen molar-refractivity contribution >= 4 is 28.6 Å². The lowest BCUT2D eigenvalue weighted by Crippen LogP contribution is -2.64. The Morgan fingerprint density at radius 2 is 2.37 bits per heavy atom. The summed E-state index contributed by atoms with van der Waals surface area (Å²) in [5, 5.41) is 0. The number of methoxy groups -OCH3 is 1. The molecule has 19 heavy (non-hydrogen) atoms. The van der Waals surface area contributed by atoms with E-state index in [4.69, 9.17) is 18.9 Å². The smallest absolute Gasteiger partial charge is 0.303 e. The number of ether oxygens (including phenoxy) is 4. The maximum atomic E-state index is 11.3. The first-order valence-electron chi connectivity index (χ1n) is 6.31. The SMILES string of the molecule is C=C1C2OC(OC)C3C1C[C@@H](OC(C)=O)C3(CI)O2. The molecule has 0 N–H and O–H groups in total. The maximum Gasteiger partial charge on any atom is 0.303 e. The molecular formula is C13H17IO5. The van der Waals surface area contributed by atoms with E-state index in [1.54, 1.807) is 7.11 Å². The molecule has 0 aromatic heterocycles. The molecule has 4 bridgehead atoms. The van der Waals surface area contributed by atoms with Gasteiger partial charge in [-0.25, -0.2) is 0 Å². The monoisotopic (exact) mass is 380 g/mol. The lowest BCUT2D eigenvalue weighted by Gasteiger charge is -2.53. The van der Waals surface area contributed by atoms with Gasteiger partial charge in [0.1, 0.15) is 11.7 Å². The highest BCUT2D eigenvalue weighted by Gasteiger charge is 2.69. The van der Waals surface area contributed by atoms with Crippen LogP contribution in [0.3, 0.4) is 0 Å². The van der Waals surface area contributed by atoms with Gasteiger partial charge in [0, 0.05) is 18.5 Å². The van der Waals surface area contributed by atoms with E-state index in [-0.39, 0.29) is 30.2 Å². The molecule has 3 heterocycles. The molecule has 4 aliphatic rings. The molecule has 0 aromatic rings. The van der Waals surface area contributed by atoms with Crippen LogP contribution in [0, 0.1) is 11.8 Å². The van der Waals surface area contributed by atoms with Crippen molar-refractivity contribution < 1.29 is 23.7 Å². The highest BCUT2D eigenvalue weighted by molar-refractivity contribution is 14.1. The summed E-state index contributed by atoms with van der Waals surface area (Å²) in [6.07, 6.45) is -0.272. The lowest BCUT2D eigenvalue weighted by atomic mass is 9.77. The van der Waals surface area contributed by atoms with E-state index in [1.807, 2.05) is 0 Å². The Hall–Kier alpha value is -0.180. The minimum atomic E-state index is -0.512. The van der Waals surface area contributed by atoms with Gasteiger partial charge in [-0.3, -0.25) is 4.79 Å². The average molecular weight is 380 g/mol. The Labute approximate surface area is 125 Å². The normalized spacial score (nSPS) is 47.5. The summed E-state index contributed by atoms with van der Waals surface area (Å²) in [4.78, 5) is 11.3. The zero-order chi connectivity index (χ0) is 13.8. The highest BCUT2D eigenvalue weighted by Crippen LogP contribution is 2.59. The summed E-state index contributed by atoms with van der Waals surface area (Å²) in [6.45, 7) is 5.51. The van der Waals surface area contributed by atoms with Gasteiger partial charge in [-0.15, -0.1) is 0 Å². The maximum absolute atomic E-state index is 11.3. The van der Waals surface area contributed by atoms with Gasteiger partial charge in [0.2, 0.25) is 0 Å². The average Bonchev–Trinajstić information content (AvgIpc) is 2.66. The minimum absolute atomic E-state index is 0.0382. The van der Waals surface area contributed by atoms with Crippen LogP contribution in [0.2, 0.25) is 0 Å². The quantitative estimate of drug-likeness (QED) is 0.323. The molecule has 0 spiro atoms. The zero-order valence-electron chi connectivity index (χ0n) is 10.9. The summed E-state index contributed by atoms with van der Waals surface area (Å²) < 4.78 is 23.5. The van der Waals surface area contributed by atoms with E-state index in [2.05, 4.69) is 29.2 Å². The molecule has 0 radical (unpaired) electrons. The molecule has 1 aliphatic carbocycles. The first-order valence-corrected chi connectivity index (χ1v) is 7.84. The Morgan fingerprint density at radius 1 is 1.63 bits per heavy atom. The number of carbonyl (C=O) groups is 1. The first-order chi connectivity index (χ1) is 9.03. The predicted molar refractivity (Wildman–Crippen MR) is 74.7 cm³/mol. The van der Waals surface area contributed by atoms with Gasteiger partial charge in [-0.05, 0) is 17.9 Å². The van der Waals surface area contributed by atoms with Crippen LogP contribution in [0.15, 0.2) is 12.2 Å². The number of esters is 1. The fourth-order valence-electron chi connectivity index (χ4n) is 3.62. The largest absolute Gasteiger partial charge is 0.459 e. The Bertz CT molecular complexity index is 425. The zero-order valence-corrected chi connectivity index (χ0v) is 13.1. The molecule has 4 fully saturated rings. The number of halogens is 1. The highest BCUT2D eigenvalue weighted by atomic mass is 127. The number of hydrogen-bond donors (Lipinski definition) is 0. The third-order valence-electron chi connectivity index (χ3n) is 4.42. The third-order valence-corrected chi connectivity index (χ3v) is 5.61. The number of fused-ring (bicyclic) bond motifs is 1. The third kappa shape index (κ3) is 1.80. The van der Waals surface area contributed by atoms with E-state index in [0.29, 0.717) is 0 Å². The molecule has 6 atom stereocenters. The molecule has 0 amide bonds. The molecular weight excluding hydrogens is 363 g/mol. The lowest BCUT2D eigenvalue weighted by molar-refractivity contribution is -0.367. The van der Waals surface area contributed by atoms with Crippen LogP contribution in [-0.2, 0) is 23.7 Å². The Morgan fingerprint density at radius 3 is 2.95 bits per heavy atom. The van der Waals surface area contributed by atoms with Crippen molar-refractivity contribution in [3.63, 3.8) is 0 Å². The van der Waals surface area contributed by atoms with Gasteiger partial charge in [0.05, 0.1) is 5.92 Å². The fraction of sp³-hybridized carbons (Fsp3) is 0.769. The molecule has 5 nitrogen and oxygen atoms in total. The van der Waals surface area contributed by atoms with Crippen molar-refractivity contribution in [1.82, 2.24) is 0 Å². The van der Waals surface area contributed by atoms with Gasteiger partial charge in [0.25, 0.3) is 0 Å². The van der Waals surface area contributed by atoms with Crippen LogP contribution < -0.4 is 0 Å². The summed E-state index contributed by atoms with van der Waals surface area (Å²) in [7, 11) is 1.63. The van der Waals surface area contributed by atoms with E-state index in [1.165, 1.54) is 6.92 Å². The van der Waals surface area contributed by atoms with E-state index in [9.17, 15) is 4.79 Å². The summed E-state index contributed by atoms with van der Waals surface area (Å²) in [5.74, 6) is -0.00504. The Kier molecular flexibility index (Phi) is 3.40. The second-order valence-electron chi connectivity index (χ2n) is 5.32. The van der Waals surface area contributed by atoms with Gasteiger partial charge in [-0.1, -0.05) is 29.2 Å². The summed E-state index contributed by atoms with van der Waals surface area (Å²) >= 11 is 2.28. The van der Waals surface area contributed by atoms with Crippen LogP contribution >= 0.6 is 22.6 Å². The molecule has 4 rings (SSSR count). The van der Waals surface area contributed by atoms with Gasteiger partial charge < -0.3 is 18.9 Å². The van der Waals surface area contributed by atoms with Crippen LogP contribution in [0.5, 0.6) is 0 Å². The van der Waals surface area contributed by atoms with Gasteiger partial charge >= 0.3 is 5.97 Å². The van der Waals surface area contributed by atoms with E-state index in [0.717, 1.165) is 16.4 Å². The van der Waals surface area contributed by atoms with Crippen molar-refractivity contribution in [1.29, 1.82) is 0 Å². The van der Waals surface area contributed by atoms with Gasteiger partial charge in [0.15, 0.2) is 12.6 Å². The number of rotatable bonds is 3. The molecule has 0 aromatic carbocycles. The van der Waals surface area contributed by atoms with Crippen molar-refractivity contribution in [2.45, 2.75) is 37.6 Å². The Balaban J connectivity index is 1.99. The van der Waals surface area contributed by atoms with Crippen LogP contribution in [-0.4, -0.2) is 41.8 Å². The fourth-order valence-corrected chi connectivity index (χ4v) is 4.80. The summed E-state index contributed by atoms with van der Waals surface area (Å²) in [6, 6.07) is 0. The van der Waals surface area contributed by atoms with Crippen LogP contribution in [0.4, 0.5) is 0 Å². The predicted octanol–water partition coefficient (Wildman–Crippen LogP) is 1.64. The molecule has 3 saturated heterocycles. The van der Waals surface area contributed by atoms with Crippen molar-refractivity contribution in [3.8, 4) is 0 Å². The number of carbonyl (C=O) groups excluding carboxylic acids is 1. The molecule has 3 aliphatic heterocycles. The number of alkyl halides is 1. The first kappa shape index (κ1) is 13.8. The van der Waals surface area contributed by atoms with E-state index < -0.39 is 11.9 Å². The van der Waals surface area contributed by atoms with E-state index >= 15 is 0 Å². The van der Waals surface area contributed by atoms with Crippen molar-refractivity contribution in [2.24, 2.45) is 11.8 Å². The number of hydrogen-bond acceptors (Lipinski definition) is 5. The molecule has 106 valence electrons.